The summed E-state index contributed by atoms with van der Waals surface area (Å²) in [6.07, 6.45) is 0.282. The lowest BCUT2D eigenvalue weighted by Gasteiger charge is -2.21. The molecule has 1 amide bonds. The molecule has 1 N–H and O–H groups in total. The number of ether oxygens (including phenoxy) is 2. The number of benzene rings is 1. The van der Waals surface area contributed by atoms with E-state index in [1.165, 1.54) is 17.5 Å². The third-order valence-electron chi connectivity index (χ3n) is 5.14. The summed E-state index contributed by atoms with van der Waals surface area (Å²) in [6, 6.07) is 3.25. The molecule has 0 bridgehead atoms. The highest BCUT2D eigenvalue weighted by atomic mass is 32.1. The largest absolute Gasteiger partial charge is 0.444 e. The van der Waals surface area contributed by atoms with Crippen LogP contribution in [-0.2, 0) is 15.9 Å². The number of nitrogens with one attached hydrogen (secondary N) is 1. The Morgan fingerprint density at radius 2 is 1.66 bits per heavy atom. The molecule has 3 aromatic rings. The van der Waals surface area contributed by atoms with E-state index >= 15 is 0 Å². The zero-order valence-corrected chi connectivity index (χ0v) is 21.3. The van der Waals surface area contributed by atoms with Crippen molar-refractivity contribution in [3.63, 3.8) is 0 Å². The molecule has 0 saturated heterocycles. The molecule has 2 aromatic heterocycles. The van der Waals surface area contributed by atoms with Gasteiger partial charge in [0.2, 0.25) is 5.78 Å². The van der Waals surface area contributed by atoms with Gasteiger partial charge in [-0.1, -0.05) is 0 Å². The second-order valence-corrected chi connectivity index (χ2v) is 11.2. The molecule has 2 heterocycles. The number of carbonyl (C=O) groups is 4. The Bertz CT molecular complexity index is 1370. The quantitative estimate of drug-likeness (QED) is 0.435. The Hall–Kier alpha value is -3.53. The third kappa shape index (κ3) is 4.97. The molecule has 1 aliphatic carbocycles. The van der Waals surface area contributed by atoms with Gasteiger partial charge in [0.1, 0.15) is 16.9 Å². The first kappa shape index (κ1) is 24.6. The second kappa shape index (κ2) is 8.60. The summed E-state index contributed by atoms with van der Waals surface area (Å²) >= 11 is 1.37. The summed E-state index contributed by atoms with van der Waals surface area (Å²) in [5.41, 5.74) is 1.81. The fraction of sp³-hybridized carbons (Fsp3) is 0.400. The van der Waals surface area contributed by atoms with Gasteiger partial charge < -0.3 is 14.8 Å². The van der Waals surface area contributed by atoms with Gasteiger partial charge in [0.05, 0.1) is 21.3 Å². The maximum atomic E-state index is 13.6. The van der Waals surface area contributed by atoms with Crippen LogP contribution in [-0.4, -0.2) is 51.1 Å². The van der Waals surface area contributed by atoms with Crippen LogP contribution >= 0.6 is 11.3 Å². The summed E-state index contributed by atoms with van der Waals surface area (Å²) in [7, 11) is 0. The van der Waals surface area contributed by atoms with Crippen molar-refractivity contribution in [3.8, 4) is 0 Å². The first-order valence-electron chi connectivity index (χ1n) is 11.2. The molecule has 4 rings (SSSR count). The highest BCUT2D eigenvalue weighted by Crippen LogP contribution is 2.34. The molecule has 35 heavy (non-hydrogen) atoms. The average molecular weight is 498 g/mol. The Morgan fingerprint density at radius 3 is 2.31 bits per heavy atom. The van der Waals surface area contributed by atoms with Crippen LogP contribution in [0.2, 0.25) is 0 Å². The normalized spacial score (nSPS) is 13.4. The molecule has 0 spiro atoms. The molecular formula is C25H27N3O6S. The van der Waals surface area contributed by atoms with Crippen LogP contribution in [0, 0.1) is 0 Å². The van der Waals surface area contributed by atoms with Crippen molar-refractivity contribution >= 4 is 45.3 Å². The molecule has 0 unspecified atom stereocenters. The lowest BCUT2D eigenvalue weighted by Crippen LogP contribution is -2.33. The molecule has 184 valence electrons. The molecule has 0 aliphatic heterocycles. The van der Waals surface area contributed by atoms with E-state index in [4.69, 9.17) is 9.47 Å². The summed E-state index contributed by atoms with van der Waals surface area (Å²) in [5.74, 6) is -0.818. The van der Waals surface area contributed by atoms with Gasteiger partial charge in [0.25, 0.3) is 0 Å². The standard InChI is InChI=1S/C25H27N3O6S/c1-24(2,3)33-22(31)26-8-7-13-11-28(23(32)34-25(4,5)6)19-18(13)20(29)15-10-17-16(27-12-35-17)9-14(15)21(19)30/h9-12H,7-8H2,1-6H3,(H,26,31). The maximum absolute atomic E-state index is 13.6. The Balaban J connectivity index is 1.73. The Morgan fingerprint density at radius 1 is 1.00 bits per heavy atom. The minimum Gasteiger partial charge on any atom is -0.444 e. The highest BCUT2D eigenvalue weighted by molar-refractivity contribution is 7.16. The fourth-order valence-corrected chi connectivity index (χ4v) is 4.53. The summed E-state index contributed by atoms with van der Waals surface area (Å²) in [5, 5.41) is 2.65. The molecule has 0 radical (unpaired) electrons. The van der Waals surface area contributed by atoms with Crippen LogP contribution in [0.1, 0.15) is 79.1 Å². The van der Waals surface area contributed by atoms with Crippen LogP contribution in [0.15, 0.2) is 23.8 Å². The number of carbonyl (C=O) groups excluding carboxylic acids is 4. The van der Waals surface area contributed by atoms with Gasteiger partial charge in [-0.25, -0.2) is 19.1 Å². The number of hydrogen-bond donors (Lipinski definition) is 1. The van der Waals surface area contributed by atoms with Crippen LogP contribution in [0.5, 0.6) is 0 Å². The summed E-state index contributed by atoms with van der Waals surface area (Å²) < 4.78 is 12.6. The number of fused-ring (bicyclic) bond motifs is 3. The average Bonchev–Trinajstić information content (AvgIpc) is 3.33. The van der Waals surface area contributed by atoms with Gasteiger partial charge in [0.15, 0.2) is 5.78 Å². The molecule has 0 atom stereocenters. The predicted octanol–water partition coefficient (Wildman–Crippen LogP) is 4.72. The monoisotopic (exact) mass is 497 g/mol. The number of alkyl carbamates (subject to hydrolysis) is 1. The Labute approximate surface area is 206 Å². The van der Waals surface area contributed by atoms with E-state index in [1.807, 2.05) is 0 Å². The Kier molecular flexibility index (Phi) is 6.04. The van der Waals surface area contributed by atoms with E-state index < -0.39 is 29.2 Å². The molecule has 1 aromatic carbocycles. The maximum Gasteiger partial charge on any atom is 0.419 e. The van der Waals surface area contributed by atoms with E-state index in [-0.39, 0.29) is 41.1 Å². The SMILES string of the molecule is CC(C)(C)OC(=O)NCCc1cn(C(=O)OC(C)(C)C)c2c1C(=O)c1cc3scnc3cc1C2=O. The number of hydrogen-bond acceptors (Lipinski definition) is 8. The first-order valence-corrected chi connectivity index (χ1v) is 12.0. The van der Waals surface area contributed by atoms with Crippen LogP contribution < -0.4 is 5.32 Å². The lowest BCUT2D eigenvalue weighted by atomic mass is 9.85. The van der Waals surface area contributed by atoms with Gasteiger partial charge in [-0.05, 0) is 65.7 Å². The topological polar surface area (TPSA) is 117 Å². The van der Waals surface area contributed by atoms with E-state index in [1.54, 1.807) is 59.2 Å². The number of amides is 1. The van der Waals surface area contributed by atoms with Gasteiger partial charge in [0, 0.05) is 23.9 Å². The molecule has 9 nitrogen and oxygen atoms in total. The number of ketones is 2. The minimum absolute atomic E-state index is 0.0430. The predicted molar refractivity (Wildman–Crippen MR) is 130 cm³/mol. The van der Waals surface area contributed by atoms with E-state index in [0.717, 1.165) is 9.27 Å². The third-order valence-corrected chi connectivity index (χ3v) is 5.93. The van der Waals surface area contributed by atoms with Crippen molar-refractivity contribution in [2.24, 2.45) is 0 Å². The van der Waals surface area contributed by atoms with E-state index in [9.17, 15) is 19.2 Å². The lowest BCUT2D eigenvalue weighted by molar-refractivity contribution is 0.0516. The number of thiazole rings is 1. The van der Waals surface area contributed by atoms with Gasteiger partial charge in [-0.2, -0.15) is 0 Å². The minimum atomic E-state index is -0.806. The molecule has 0 fully saturated rings. The van der Waals surface area contributed by atoms with Crippen molar-refractivity contribution in [3.05, 3.63) is 51.8 Å². The second-order valence-electron chi connectivity index (χ2n) is 10.3. The van der Waals surface area contributed by atoms with Crippen molar-refractivity contribution in [2.45, 2.75) is 59.2 Å². The smallest absolute Gasteiger partial charge is 0.419 e. The molecular weight excluding hydrogens is 470 g/mol. The van der Waals surface area contributed by atoms with Crippen LogP contribution in [0.3, 0.4) is 0 Å². The number of aromatic nitrogens is 2. The zero-order chi connectivity index (χ0) is 25.7. The van der Waals surface area contributed by atoms with Crippen molar-refractivity contribution < 1.29 is 28.7 Å². The number of nitrogens with zero attached hydrogens (tertiary/aromatic N) is 2. The molecule has 10 heteroatoms. The zero-order valence-electron chi connectivity index (χ0n) is 20.5. The van der Waals surface area contributed by atoms with Crippen molar-refractivity contribution in [1.82, 2.24) is 14.9 Å². The molecule has 1 aliphatic rings. The van der Waals surface area contributed by atoms with Crippen LogP contribution in [0.25, 0.3) is 10.2 Å². The summed E-state index contributed by atoms with van der Waals surface area (Å²) in [4.78, 5) is 56.5. The fourth-order valence-electron chi connectivity index (χ4n) is 3.83. The summed E-state index contributed by atoms with van der Waals surface area (Å²) in [6.45, 7) is 10.6. The number of rotatable bonds is 3. The van der Waals surface area contributed by atoms with E-state index in [2.05, 4.69) is 10.3 Å². The first-order chi connectivity index (χ1) is 16.2. The van der Waals surface area contributed by atoms with Crippen molar-refractivity contribution in [1.29, 1.82) is 0 Å². The van der Waals surface area contributed by atoms with Gasteiger partial charge >= 0.3 is 12.2 Å². The van der Waals surface area contributed by atoms with Gasteiger partial charge in [-0.3, -0.25) is 9.59 Å². The van der Waals surface area contributed by atoms with Gasteiger partial charge in [-0.15, -0.1) is 11.3 Å². The highest BCUT2D eigenvalue weighted by Gasteiger charge is 2.38. The van der Waals surface area contributed by atoms with E-state index in [0.29, 0.717) is 11.1 Å². The van der Waals surface area contributed by atoms with Crippen LogP contribution in [0.4, 0.5) is 9.59 Å². The van der Waals surface area contributed by atoms with Crippen molar-refractivity contribution in [2.75, 3.05) is 6.54 Å². The molecule has 0 saturated carbocycles.